The van der Waals surface area contributed by atoms with Crippen LogP contribution < -0.4 is 4.74 Å². The van der Waals surface area contributed by atoms with Crippen molar-refractivity contribution < 1.29 is 14.3 Å². The van der Waals surface area contributed by atoms with E-state index in [9.17, 15) is 4.79 Å². The molecule has 2 aliphatic rings. The van der Waals surface area contributed by atoms with Gasteiger partial charge in [-0.1, -0.05) is 0 Å². The zero-order valence-electron chi connectivity index (χ0n) is 13.3. The highest BCUT2D eigenvalue weighted by atomic mass is 32.1. The van der Waals surface area contributed by atoms with Gasteiger partial charge in [0, 0.05) is 25.2 Å². The van der Waals surface area contributed by atoms with Gasteiger partial charge in [-0.25, -0.2) is 4.98 Å². The van der Waals surface area contributed by atoms with Crippen LogP contribution in [0.5, 0.6) is 5.88 Å². The van der Waals surface area contributed by atoms with E-state index in [2.05, 4.69) is 9.97 Å². The summed E-state index contributed by atoms with van der Waals surface area (Å²) in [6, 6.07) is 2.00. The molecule has 2 fully saturated rings. The molecule has 0 bridgehead atoms. The predicted octanol–water partition coefficient (Wildman–Crippen LogP) is 1.92. The van der Waals surface area contributed by atoms with Crippen LogP contribution in [0.25, 0.3) is 0 Å². The molecule has 1 atom stereocenters. The lowest BCUT2D eigenvalue weighted by atomic mass is 9.84. The number of ether oxygens (including phenoxy) is 2. The first-order valence-corrected chi connectivity index (χ1v) is 9.02. The van der Waals surface area contributed by atoms with E-state index in [1.54, 1.807) is 29.9 Å². The minimum Gasteiger partial charge on any atom is -0.473 e. The van der Waals surface area contributed by atoms with Gasteiger partial charge in [-0.2, -0.15) is 11.3 Å². The van der Waals surface area contributed by atoms with Crippen molar-refractivity contribution in [2.75, 3.05) is 19.7 Å². The van der Waals surface area contributed by atoms with E-state index in [0.29, 0.717) is 32.0 Å². The fourth-order valence-electron chi connectivity index (χ4n) is 3.33. The molecule has 2 aliphatic heterocycles. The van der Waals surface area contributed by atoms with Crippen molar-refractivity contribution in [3.05, 3.63) is 41.0 Å². The Balaban J connectivity index is 1.31. The number of hydrogen-bond donors (Lipinski definition) is 0. The molecule has 1 spiro atoms. The van der Waals surface area contributed by atoms with Gasteiger partial charge in [-0.05, 0) is 22.4 Å². The molecule has 126 valence electrons. The highest BCUT2D eigenvalue weighted by Crippen LogP contribution is 2.35. The van der Waals surface area contributed by atoms with Crippen molar-refractivity contribution in [2.24, 2.45) is 0 Å². The number of nitrogens with zero attached hydrogens (tertiary/aromatic N) is 3. The van der Waals surface area contributed by atoms with Crippen LogP contribution in [0.2, 0.25) is 0 Å². The van der Waals surface area contributed by atoms with E-state index < -0.39 is 0 Å². The molecule has 1 amide bonds. The molecular formula is C17H19N3O3S. The van der Waals surface area contributed by atoms with Gasteiger partial charge in [-0.3, -0.25) is 9.78 Å². The van der Waals surface area contributed by atoms with Gasteiger partial charge in [0.2, 0.25) is 11.8 Å². The lowest BCUT2D eigenvalue weighted by Gasteiger charge is -2.52. The lowest BCUT2D eigenvalue weighted by molar-refractivity contribution is -0.193. The topological polar surface area (TPSA) is 64.6 Å². The zero-order valence-corrected chi connectivity index (χ0v) is 14.1. The Morgan fingerprint density at radius 2 is 2.38 bits per heavy atom. The monoisotopic (exact) mass is 345 g/mol. The Kier molecular flexibility index (Phi) is 4.20. The molecule has 2 aromatic rings. The van der Waals surface area contributed by atoms with Crippen molar-refractivity contribution in [3.8, 4) is 5.88 Å². The SMILES string of the molecule is O=C(Cc1ccsc1)N1CC2(C[C@@H](Oc3cnccn3)CCO2)C1. The van der Waals surface area contributed by atoms with E-state index in [0.717, 1.165) is 18.4 Å². The van der Waals surface area contributed by atoms with Gasteiger partial charge in [0.25, 0.3) is 0 Å². The summed E-state index contributed by atoms with van der Waals surface area (Å²) in [6.45, 7) is 1.95. The van der Waals surface area contributed by atoms with Crippen molar-refractivity contribution >= 4 is 17.2 Å². The Hall–Kier alpha value is -1.99. The number of rotatable bonds is 4. The van der Waals surface area contributed by atoms with Gasteiger partial charge in [0.05, 0.1) is 32.3 Å². The molecule has 0 saturated carbocycles. The largest absolute Gasteiger partial charge is 0.473 e. The summed E-state index contributed by atoms with van der Waals surface area (Å²) in [5.74, 6) is 0.712. The third-order valence-corrected chi connectivity index (χ3v) is 5.25. The highest BCUT2D eigenvalue weighted by molar-refractivity contribution is 7.08. The second-order valence-corrected chi connectivity index (χ2v) is 7.15. The standard InChI is InChI=1S/C17H19N3O3S/c21-16(7-13-2-6-24-10-13)20-11-17(12-20)8-14(1-5-22-17)23-15-9-18-3-4-19-15/h2-4,6,9-10,14H,1,5,7-8,11-12H2/t14-/m0/s1. The van der Waals surface area contributed by atoms with Gasteiger partial charge >= 0.3 is 0 Å². The quantitative estimate of drug-likeness (QED) is 0.847. The molecule has 2 saturated heterocycles. The molecule has 4 rings (SSSR count). The zero-order chi connectivity index (χ0) is 16.4. The van der Waals surface area contributed by atoms with E-state index >= 15 is 0 Å². The van der Waals surface area contributed by atoms with Gasteiger partial charge in [0.15, 0.2) is 0 Å². The number of carbonyl (C=O) groups excluding carboxylic acids is 1. The maximum Gasteiger partial charge on any atom is 0.232 e. The first-order valence-electron chi connectivity index (χ1n) is 8.08. The second kappa shape index (κ2) is 6.49. The van der Waals surface area contributed by atoms with E-state index in [-0.39, 0.29) is 17.6 Å². The summed E-state index contributed by atoms with van der Waals surface area (Å²) < 4.78 is 11.9. The average molecular weight is 345 g/mol. The number of amides is 1. The van der Waals surface area contributed by atoms with Crippen LogP contribution in [-0.4, -0.2) is 52.2 Å². The van der Waals surface area contributed by atoms with Gasteiger partial charge in [-0.15, -0.1) is 0 Å². The van der Waals surface area contributed by atoms with Crippen molar-refractivity contribution in [3.63, 3.8) is 0 Å². The number of carbonyl (C=O) groups is 1. The van der Waals surface area contributed by atoms with Crippen LogP contribution in [0.4, 0.5) is 0 Å². The normalized spacial score (nSPS) is 22.2. The minimum atomic E-state index is -0.255. The Morgan fingerprint density at radius 3 is 3.12 bits per heavy atom. The lowest BCUT2D eigenvalue weighted by Crippen LogP contribution is -2.67. The van der Waals surface area contributed by atoms with Crippen molar-refractivity contribution in [1.29, 1.82) is 0 Å². The predicted molar refractivity (Wildman–Crippen MR) is 89.0 cm³/mol. The third-order valence-electron chi connectivity index (χ3n) is 4.52. The molecular weight excluding hydrogens is 326 g/mol. The van der Waals surface area contributed by atoms with Gasteiger partial charge < -0.3 is 14.4 Å². The summed E-state index contributed by atoms with van der Waals surface area (Å²) in [5, 5.41) is 4.02. The number of thiophene rings is 1. The summed E-state index contributed by atoms with van der Waals surface area (Å²) in [4.78, 5) is 22.4. The van der Waals surface area contributed by atoms with Crippen molar-refractivity contribution in [2.45, 2.75) is 31.0 Å². The molecule has 0 aliphatic carbocycles. The highest BCUT2D eigenvalue weighted by Gasteiger charge is 2.49. The van der Waals surface area contributed by atoms with E-state index in [1.165, 1.54) is 0 Å². The molecule has 0 radical (unpaired) electrons. The molecule has 7 heteroatoms. The number of aromatic nitrogens is 2. The molecule has 24 heavy (non-hydrogen) atoms. The van der Waals surface area contributed by atoms with Crippen LogP contribution in [0.3, 0.4) is 0 Å². The average Bonchev–Trinajstić information content (AvgIpc) is 3.06. The first-order chi connectivity index (χ1) is 11.7. The first kappa shape index (κ1) is 15.5. The maximum atomic E-state index is 12.3. The minimum absolute atomic E-state index is 0.0598. The molecule has 0 unspecified atom stereocenters. The Morgan fingerprint density at radius 1 is 1.46 bits per heavy atom. The van der Waals surface area contributed by atoms with Crippen LogP contribution in [0.15, 0.2) is 35.4 Å². The summed E-state index contributed by atoms with van der Waals surface area (Å²) >= 11 is 1.62. The number of hydrogen-bond acceptors (Lipinski definition) is 6. The Labute approximate surface area is 144 Å². The summed E-state index contributed by atoms with van der Waals surface area (Å²) in [7, 11) is 0. The number of likely N-dealkylation sites (tertiary alicyclic amines) is 1. The molecule has 4 heterocycles. The van der Waals surface area contributed by atoms with E-state index in [1.807, 2.05) is 21.7 Å². The molecule has 0 N–H and O–H groups in total. The van der Waals surface area contributed by atoms with Gasteiger partial charge in [0.1, 0.15) is 11.7 Å². The van der Waals surface area contributed by atoms with Crippen molar-refractivity contribution in [1.82, 2.24) is 14.9 Å². The summed E-state index contributed by atoms with van der Waals surface area (Å²) in [5.41, 5.74) is 0.828. The van der Waals surface area contributed by atoms with Crippen LogP contribution >= 0.6 is 11.3 Å². The fourth-order valence-corrected chi connectivity index (χ4v) is 3.99. The maximum absolute atomic E-state index is 12.3. The fraction of sp³-hybridized carbons (Fsp3) is 0.471. The second-order valence-electron chi connectivity index (χ2n) is 6.37. The van der Waals surface area contributed by atoms with E-state index in [4.69, 9.17) is 9.47 Å². The molecule has 2 aromatic heterocycles. The van der Waals surface area contributed by atoms with Crippen LogP contribution in [-0.2, 0) is 16.0 Å². The molecule has 6 nitrogen and oxygen atoms in total. The van der Waals surface area contributed by atoms with Crippen LogP contribution in [0.1, 0.15) is 18.4 Å². The molecule has 0 aromatic carbocycles. The van der Waals surface area contributed by atoms with Crippen LogP contribution in [0, 0.1) is 0 Å². The summed E-state index contributed by atoms with van der Waals surface area (Å²) in [6.07, 6.45) is 7.02. The third kappa shape index (κ3) is 3.27. The smallest absolute Gasteiger partial charge is 0.232 e. The Bertz CT molecular complexity index is 686.